The number of phenolic OH excluding ortho intramolecular Hbond substituents is 2. The lowest BCUT2D eigenvalue weighted by Crippen LogP contribution is -2.35. The number of ether oxygens (including phenoxy) is 2. The van der Waals surface area contributed by atoms with Gasteiger partial charge in [-0.05, 0) is 73.8 Å². The van der Waals surface area contributed by atoms with Crippen molar-refractivity contribution in [3.63, 3.8) is 0 Å². The van der Waals surface area contributed by atoms with Gasteiger partial charge in [0.2, 0.25) is 0 Å². The first kappa shape index (κ1) is 24.3. The zero-order chi connectivity index (χ0) is 23.9. The zero-order valence-electron chi connectivity index (χ0n) is 19.8. The number of likely N-dealkylation sites (tertiary alicyclic amines) is 1. The van der Waals surface area contributed by atoms with Gasteiger partial charge in [-0.25, -0.2) is 0 Å². The number of phenols is 2. The summed E-state index contributed by atoms with van der Waals surface area (Å²) in [6, 6.07) is 22.7. The van der Waals surface area contributed by atoms with Crippen LogP contribution in [0.25, 0.3) is 0 Å². The molecule has 0 amide bonds. The summed E-state index contributed by atoms with van der Waals surface area (Å²) in [5.74, 6) is 3.98. The van der Waals surface area contributed by atoms with Gasteiger partial charge >= 0.3 is 0 Å². The summed E-state index contributed by atoms with van der Waals surface area (Å²) >= 11 is 1.72. The smallest absolute Gasteiger partial charge is 0.134 e. The van der Waals surface area contributed by atoms with Gasteiger partial charge in [0, 0.05) is 18.3 Å². The molecule has 5 nitrogen and oxygen atoms in total. The van der Waals surface area contributed by atoms with Crippen molar-refractivity contribution in [2.24, 2.45) is 5.92 Å². The fourth-order valence-corrected chi connectivity index (χ4v) is 5.18. The summed E-state index contributed by atoms with van der Waals surface area (Å²) in [4.78, 5) is 3.51. The van der Waals surface area contributed by atoms with Crippen LogP contribution in [0.2, 0.25) is 0 Å². The Kier molecular flexibility index (Phi) is 8.25. The molecule has 2 aliphatic heterocycles. The largest absolute Gasteiger partial charge is 0.508 e. The van der Waals surface area contributed by atoms with Gasteiger partial charge in [0.1, 0.15) is 35.7 Å². The van der Waals surface area contributed by atoms with Gasteiger partial charge in [-0.3, -0.25) is 4.90 Å². The summed E-state index contributed by atoms with van der Waals surface area (Å²) < 4.78 is 12.1. The van der Waals surface area contributed by atoms with Crippen LogP contribution >= 0.6 is 11.8 Å². The van der Waals surface area contributed by atoms with Crippen LogP contribution in [0.15, 0.2) is 77.7 Å². The van der Waals surface area contributed by atoms with E-state index in [9.17, 15) is 5.11 Å². The van der Waals surface area contributed by atoms with Crippen LogP contribution in [0.3, 0.4) is 0 Å². The van der Waals surface area contributed by atoms with Crippen LogP contribution in [-0.2, 0) is 0 Å². The summed E-state index contributed by atoms with van der Waals surface area (Å²) in [7, 11) is 0. The van der Waals surface area contributed by atoms with E-state index in [2.05, 4.69) is 30.9 Å². The summed E-state index contributed by atoms with van der Waals surface area (Å²) in [6.07, 6.45) is 1.31. The van der Waals surface area contributed by atoms with Gasteiger partial charge in [0.15, 0.2) is 0 Å². The van der Waals surface area contributed by atoms with Crippen LogP contribution in [0.4, 0.5) is 0 Å². The fraction of sp³-hybridized carbons (Fsp3) is 0.357. The molecule has 6 heteroatoms. The Morgan fingerprint density at radius 2 is 1.79 bits per heavy atom. The number of nitrogens with zero attached hydrogens (tertiary/aromatic N) is 1. The van der Waals surface area contributed by atoms with Crippen LogP contribution in [0.1, 0.15) is 31.9 Å². The van der Waals surface area contributed by atoms with Crippen molar-refractivity contribution in [2.45, 2.75) is 37.3 Å². The molecule has 5 rings (SSSR count). The number of fused-ring (bicyclic) bond motifs is 1. The van der Waals surface area contributed by atoms with Gasteiger partial charge in [-0.1, -0.05) is 37.3 Å². The minimum absolute atomic E-state index is 0.0195. The Labute approximate surface area is 206 Å². The number of benzene rings is 3. The van der Waals surface area contributed by atoms with Crippen molar-refractivity contribution >= 4 is 11.8 Å². The van der Waals surface area contributed by atoms with Crippen LogP contribution in [0.5, 0.6) is 23.0 Å². The van der Waals surface area contributed by atoms with E-state index in [1.165, 1.54) is 19.5 Å². The van der Waals surface area contributed by atoms with Gasteiger partial charge in [-0.2, -0.15) is 0 Å². The second-order valence-electron chi connectivity index (χ2n) is 9.00. The average molecular weight is 480 g/mol. The Hall–Kier alpha value is -2.83. The van der Waals surface area contributed by atoms with E-state index in [4.69, 9.17) is 14.6 Å². The molecule has 0 bridgehead atoms. The second-order valence-corrected chi connectivity index (χ2v) is 10.1. The van der Waals surface area contributed by atoms with E-state index >= 15 is 0 Å². The summed E-state index contributed by atoms with van der Waals surface area (Å²) in [5, 5.41) is 18.2. The lowest BCUT2D eigenvalue weighted by Gasteiger charge is -2.26. The first-order valence-electron chi connectivity index (χ1n) is 11.8. The molecule has 34 heavy (non-hydrogen) atoms. The maximum Gasteiger partial charge on any atom is 0.134 e. The van der Waals surface area contributed by atoms with E-state index in [1.54, 1.807) is 48.2 Å². The number of hydrogen-bond acceptors (Lipinski definition) is 6. The van der Waals surface area contributed by atoms with Crippen molar-refractivity contribution in [3.8, 4) is 23.0 Å². The number of hydrogen-bond donors (Lipinski definition) is 2. The van der Waals surface area contributed by atoms with Crippen molar-refractivity contribution in [1.82, 2.24) is 4.90 Å². The molecule has 180 valence electrons. The molecule has 0 saturated carbocycles. The van der Waals surface area contributed by atoms with Gasteiger partial charge in [-0.15, -0.1) is 11.8 Å². The minimum Gasteiger partial charge on any atom is -0.508 e. The van der Waals surface area contributed by atoms with E-state index in [-0.39, 0.29) is 11.9 Å². The standard InChI is InChI=1S/C22H27NO3S.C6H6O/c1-15-9-10-23(12-15)16(2)13-25-19-6-3-17(4-7-19)21-14-27-22-11-18(24)5-8-20(22)26-21;7-6-4-2-1-3-5-6/h3-8,11,15-16,21,24H,9-10,12-14H2,1-2H3;1-5,7H/t15-,16-,21+;/m0./s1. The zero-order valence-corrected chi connectivity index (χ0v) is 20.6. The third kappa shape index (κ3) is 6.61. The predicted molar refractivity (Wildman–Crippen MR) is 137 cm³/mol. The molecule has 0 aromatic heterocycles. The highest BCUT2D eigenvalue weighted by molar-refractivity contribution is 7.99. The molecule has 2 heterocycles. The number of para-hydroxylation sites is 1. The molecule has 3 aromatic rings. The average Bonchev–Trinajstić information content (AvgIpc) is 3.30. The highest BCUT2D eigenvalue weighted by Crippen LogP contribution is 2.42. The van der Waals surface area contributed by atoms with Crippen LogP contribution < -0.4 is 9.47 Å². The quantitative estimate of drug-likeness (QED) is 0.460. The van der Waals surface area contributed by atoms with Crippen molar-refractivity contribution in [2.75, 3.05) is 25.4 Å². The minimum atomic E-state index is 0.0195. The molecule has 3 aromatic carbocycles. The highest BCUT2D eigenvalue weighted by Gasteiger charge is 2.24. The molecule has 3 atom stereocenters. The molecule has 0 aliphatic carbocycles. The SMILES string of the molecule is C[C@H]1CCN([C@@H](C)COc2ccc([C@H]3CSc4cc(O)ccc4O3)cc2)C1.Oc1ccccc1. The Morgan fingerprint density at radius 1 is 1.03 bits per heavy atom. The number of aromatic hydroxyl groups is 2. The van der Waals surface area contributed by atoms with E-state index in [1.807, 2.05) is 24.3 Å². The Morgan fingerprint density at radius 3 is 2.44 bits per heavy atom. The second kappa shape index (κ2) is 11.5. The van der Waals surface area contributed by atoms with Gasteiger partial charge < -0.3 is 19.7 Å². The van der Waals surface area contributed by atoms with Gasteiger partial charge in [0.05, 0.1) is 4.90 Å². The van der Waals surface area contributed by atoms with Crippen molar-refractivity contribution < 1.29 is 19.7 Å². The molecule has 2 aliphatic rings. The lowest BCUT2D eigenvalue weighted by atomic mass is 10.1. The molecule has 2 N–H and O–H groups in total. The topological polar surface area (TPSA) is 62.2 Å². The molecule has 0 radical (unpaired) electrons. The summed E-state index contributed by atoms with van der Waals surface area (Å²) in [6.45, 7) is 7.65. The molecule has 1 fully saturated rings. The van der Waals surface area contributed by atoms with E-state index in [0.29, 0.717) is 11.8 Å². The highest BCUT2D eigenvalue weighted by atomic mass is 32.2. The van der Waals surface area contributed by atoms with Gasteiger partial charge in [0.25, 0.3) is 0 Å². The lowest BCUT2D eigenvalue weighted by molar-refractivity contribution is 0.169. The number of thioether (sulfide) groups is 1. The van der Waals surface area contributed by atoms with Crippen LogP contribution in [0, 0.1) is 5.92 Å². The van der Waals surface area contributed by atoms with Crippen molar-refractivity contribution in [1.29, 1.82) is 0 Å². The normalized spacial score (nSPS) is 20.4. The van der Waals surface area contributed by atoms with E-state index < -0.39 is 0 Å². The molecule has 0 spiro atoms. The number of rotatable bonds is 5. The summed E-state index contributed by atoms with van der Waals surface area (Å²) in [5.41, 5.74) is 1.15. The third-order valence-corrected chi connectivity index (χ3v) is 7.26. The third-order valence-electron chi connectivity index (χ3n) is 6.16. The molecular formula is C28H33NO4S. The maximum absolute atomic E-state index is 9.59. The molecule has 1 saturated heterocycles. The maximum atomic E-state index is 9.59. The van der Waals surface area contributed by atoms with Crippen LogP contribution in [-0.4, -0.2) is 46.6 Å². The van der Waals surface area contributed by atoms with Crippen molar-refractivity contribution in [3.05, 3.63) is 78.4 Å². The monoisotopic (exact) mass is 479 g/mol. The first-order valence-corrected chi connectivity index (χ1v) is 12.8. The predicted octanol–water partition coefficient (Wildman–Crippen LogP) is 6.12. The van der Waals surface area contributed by atoms with E-state index in [0.717, 1.165) is 40.2 Å². The molecular weight excluding hydrogens is 446 g/mol. The Bertz CT molecular complexity index is 1040. The molecule has 0 unspecified atom stereocenters. The Balaban J connectivity index is 0.000000336. The fourth-order valence-electron chi connectivity index (χ4n) is 4.12. The first-order chi connectivity index (χ1) is 16.5.